The summed E-state index contributed by atoms with van der Waals surface area (Å²) in [6.07, 6.45) is 0. The molecular weight excluding hydrogens is 352 g/mol. The third-order valence-corrected chi connectivity index (χ3v) is 5.13. The van der Waals surface area contributed by atoms with Gasteiger partial charge >= 0.3 is 0 Å². The molecule has 0 aliphatic rings. The normalized spacial score (nSPS) is 11.1. The minimum atomic E-state index is -0.446. The van der Waals surface area contributed by atoms with Crippen molar-refractivity contribution < 1.29 is 20.1 Å². The van der Waals surface area contributed by atoms with Crippen molar-refractivity contribution >= 4 is 0 Å². The van der Waals surface area contributed by atoms with Crippen molar-refractivity contribution in [1.82, 2.24) is 0 Å². The Bertz CT molecular complexity index is 933. The van der Waals surface area contributed by atoms with Crippen LogP contribution < -0.4 is 4.74 Å². The zero-order valence-corrected chi connectivity index (χ0v) is 16.9. The third-order valence-electron chi connectivity index (χ3n) is 5.13. The quantitative estimate of drug-likeness (QED) is 0.544. The van der Waals surface area contributed by atoms with Gasteiger partial charge in [-0.1, -0.05) is 18.2 Å². The fraction of sp³-hybridized carbons (Fsp3) is 0.250. The second-order valence-corrected chi connectivity index (χ2v) is 7.39. The summed E-state index contributed by atoms with van der Waals surface area (Å²) >= 11 is 0. The van der Waals surface area contributed by atoms with E-state index in [9.17, 15) is 15.3 Å². The first-order valence-corrected chi connectivity index (χ1v) is 9.20. The Morgan fingerprint density at radius 3 is 1.57 bits per heavy atom. The first-order chi connectivity index (χ1) is 13.2. The number of ether oxygens (including phenoxy) is 1. The Kier molecular flexibility index (Phi) is 5.23. The Balaban J connectivity index is 2.35. The van der Waals surface area contributed by atoms with Crippen molar-refractivity contribution in [3.63, 3.8) is 0 Å². The van der Waals surface area contributed by atoms with E-state index in [1.807, 2.05) is 45.9 Å². The van der Waals surface area contributed by atoms with Gasteiger partial charge in [-0.3, -0.25) is 0 Å². The molecule has 3 aromatic carbocycles. The van der Waals surface area contributed by atoms with Crippen LogP contribution in [0.2, 0.25) is 0 Å². The highest BCUT2D eigenvalue weighted by molar-refractivity contribution is 5.60. The van der Waals surface area contributed by atoms with Crippen LogP contribution in [0.3, 0.4) is 0 Å². The van der Waals surface area contributed by atoms with Crippen molar-refractivity contribution in [3.05, 3.63) is 81.4 Å². The van der Waals surface area contributed by atoms with Crippen molar-refractivity contribution in [2.75, 3.05) is 7.11 Å². The molecule has 0 amide bonds. The standard InChI is InChI=1S/C24H26O4/c1-13-8-15(3)22(19(26)10-13)24(17-6-7-21(28-5)18(25)12-17)23-16(4)9-14(2)11-20(23)27/h6-12,24-27H,1-5H3. The fourth-order valence-corrected chi connectivity index (χ4v) is 4.03. The first kappa shape index (κ1) is 19.6. The number of hydrogen-bond acceptors (Lipinski definition) is 4. The van der Waals surface area contributed by atoms with E-state index < -0.39 is 5.92 Å². The number of rotatable bonds is 4. The summed E-state index contributed by atoms with van der Waals surface area (Å²) in [7, 11) is 1.50. The molecule has 0 bridgehead atoms. The average Bonchev–Trinajstić information content (AvgIpc) is 2.58. The molecule has 0 atom stereocenters. The molecular formula is C24H26O4. The van der Waals surface area contributed by atoms with Crippen molar-refractivity contribution in [1.29, 1.82) is 0 Å². The Morgan fingerprint density at radius 2 is 1.18 bits per heavy atom. The van der Waals surface area contributed by atoms with E-state index >= 15 is 0 Å². The van der Waals surface area contributed by atoms with Gasteiger partial charge in [0.05, 0.1) is 7.11 Å². The molecule has 4 heteroatoms. The molecule has 0 unspecified atom stereocenters. The van der Waals surface area contributed by atoms with Gasteiger partial charge in [-0.2, -0.15) is 0 Å². The van der Waals surface area contributed by atoms with E-state index in [0.29, 0.717) is 16.9 Å². The lowest BCUT2D eigenvalue weighted by molar-refractivity contribution is 0.373. The summed E-state index contributed by atoms with van der Waals surface area (Å²) in [6, 6.07) is 12.6. The summed E-state index contributed by atoms with van der Waals surface area (Å²) in [6.45, 7) is 7.75. The molecule has 3 aromatic rings. The highest BCUT2D eigenvalue weighted by atomic mass is 16.5. The van der Waals surface area contributed by atoms with Crippen LogP contribution in [0, 0.1) is 27.7 Å². The van der Waals surface area contributed by atoms with Crippen LogP contribution in [-0.4, -0.2) is 22.4 Å². The van der Waals surface area contributed by atoms with Crippen molar-refractivity contribution in [3.8, 4) is 23.0 Å². The monoisotopic (exact) mass is 378 g/mol. The number of aryl methyl sites for hydroxylation is 4. The molecule has 0 heterocycles. The van der Waals surface area contributed by atoms with Crippen molar-refractivity contribution in [2.45, 2.75) is 33.6 Å². The molecule has 0 saturated heterocycles. The number of hydrogen-bond donors (Lipinski definition) is 3. The van der Waals surface area contributed by atoms with Gasteiger partial charge in [0.2, 0.25) is 0 Å². The number of phenolic OH excluding ortho intramolecular Hbond substituents is 3. The summed E-state index contributed by atoms with van der Waals surface area (Å²) in [5.74, 6) is 0.267. The number of benzene rings is 3. The Morgan fingerprint density at radius 1 is 0.679 bits per heavy atom. The van der Waals surface area contributed by atoms with Crippen LogP contribution in [0.5, 0.6) is 23.0 Å². The molecule has 0 aliphatic heterocycles. The van der Waals surface area contributed by atoms with E-state index in [1.165, 1.54) is 7.11 Å². The van der Waals surface area contributed by atoms with Gasteiger partial charge in [-0.25, -0.2) is 0 Å². The molecule has 0 saturated carbocycles. The summed E-state index contributed by atoms with van der Waals surface area (Å²) < 4.78 is 5.17. The van der Waals surface area contributed by atoms with E-state index in [4.69, 9.17) is 4.74 Å². The molecule has 0 fully saturated rings. The molecule has 0 aromatic heterocycles. The van der Waals surface area contributed by atoms with Crippen LogP contribution in [0.1, 0.15) is 44.9 Å². The van der Waals surface area contributed by atoms with Crippen LogP contribution in [-0.2, 0) is 0 Å². The van der Waals surface area contributed by atoms with Gasteiger partial charge in [0.1, 0.15) is 11.5 Å². The molecule has 0 spiro atoms. The lowest BCUT2D eigenvalue weighted by Crippen LogP contribution is -2.09. The summed E-state index contributed by atoms with van der Waals surface area (Å²) in [5, 5.41) is 32.0. The van der Waals surface area contributed by atoms with Gasteiger partial charge in [-0.05, 0) is 79.8 Å². The largest absolute Gasteiger partial charge is 0.508 e. The first-order valence-electron chi connectivity index (χ1n) is 9.20. The number of phenols is 3. The summed E-state index contributed by atoms with van der Waals surface area (Å²) in [5.41, 5.74) is 5.91. The zero-order valence-electron chi connectivity index (χ0n) is 16.9. The second kappa shape index (κ2) is 7.47. The highest BCUT2D eigenvalue weighted by Crippen LogP contribution is 2.45. The maximum absolute atomic E-state index is 10.8. The Hall–Kier alpha value is -3.14. The number of aromatic hydroxyl groups is 3. The van der Waals surface area contributed by atoms with Crippen LogP contribution >= 0.6 is 0 Å². The lowest BCUT2D eigenvalue weighted by Gasteiger charge is -2.25. The second-order valence-electron chi connectivity index (χ2n) is 7.39. The molecule has 3 rings (SSSR count). The van der Waals surface area contributed by atoms with Gasteiger partial charge in [0, 0.05) is 17.0 Å². The minimum Gasteiger partial charge on any atom is -0.508 e. The molecule has 0 aliphatic carbocycles. The molecule has 4 nitrogen and oxygen atoms in total. The van der Waals surface area contributed by atoms with Gasteiger partial charge in [0.15, 0.2) is 11.5 Å². The topological polar surface area (TPSA) is 69.9 Å². The van der Waals surface area contributed by atoms with E-state index in [1.54, 1.807) is 24.3 Å². The molecule has 3 N–H and O–H groups in total. The molecule has 146 valence electrons. The lowest BCUT2D eigenvalue weighted by atomic mass is 9.79. The third kappa shape index (κ3) is 3.50. The highest BCUT2D eigenvalue weighted by Gasteiger charge is 2.27. The maximum Gasteiger partial charge on any atom is 0.160 e. The predicted molar refractivity (Wildman–Crippen MR) is 111 cm³/mol. The van der Waals surface area contributed by atoms with Crippen LogP contribution in [0.15, 0.2) is 42.5 Å². The summed E-state index contributed by atoms with van der Waals surface area (Å²) in [4.78, 5) is 0. The predicted octanol–water partition coefficient (Wildman–Crippen LogP) is 5.23. The van der Waals surface area contributed by atoms with E-state index in [0.717, 1.165) is 27.8 Å². The molecule has 0 radical (unpaired) electrons. The zero-order chi connectivity index (χ0) is 20.6. The van der Waals surface area contributed by atoms with Crippen LogP contribution in [0.25, 0.3) is 0 Å². The minimum absolute atomic E-state index is 0.0125. The van der Waals surface area contributed by atoms with Crippen LogP contribution in [0.4, 0.5) is 0 Å². The van der Waals surface area contributed by atoms with E-state index in [-0.39, 0.29) is 17.2 Å². The maximum atomic E-state index is 10.8. The Labute approximate surface area is 165 Å². The van der Waals surface area contributed by atoms with Gasteiger partial charge in [0.25, 0.3) is 0 Å². The fourth-order valence-electron chi connectivity index (χ4n) is 4.03. The molecule has 28 heavy (non-hydrogen) atoms. The average molecular weight is 378 g/mol. The van der Waals surface area contributed by atoms with E-state index in [2.05, 4.69) is 0 Å². The SMILES string of the molecule is COc1ccc(C(c2c(C)cc(C)cc2O)c2c(C)cc(C)cc2O)cc1O. The van der Waals surface area contributed by atoms with Gasteiger partial charge in [-0.15, -0.1) is 0 Å². The van der Waals surface area contributed by atoms with Crippen molar-refractivity contribution in [2.24, 2.45) is 0 Å². The number of methoxy groups -OCH3 is 1. The smallest absolute Gasteiger partial charge is 0.160 e. The van der Waals surface area contributed by atoms with Gasteiger partial charge < -0.3 is 20.1 Å².